The van der Waals surface area contributed by atoms with Crippen LogP contribution in [0.5, 0.6) is 5.75 Å². The first-order valence-corrected chi connectivity index (χ1v) is 7.52. The molecule has 0 saturated heterocycles. The molecule has 0 heterocycles. The molecule has 3 aromatic rings. The first-order valence-electron chi connectivity index (χ1n) is 7.52. The number of phenols is 1. The zero-order chi connectivity index (χ0) is 15.7. The molecule has 22 heavy (non-hydrogen) atoms. The largest absolute Gasteiger partial charge is 0.507 e. The minimum absolute atomic E-state index is 0.0646. The fourth-order valence-electron chi connectivity index (χ4n) is 2.99. The van der Waals surface area contributed by atoms with Gasteiger partial charge in [-0.1, -0.05) is 67.1 Å². The molecule has 1 unspecified atom stereocenters. The van der Waals surface area contributed by atoms with Gasteiger partial charge in [0.05, 0.1) is 6.61 Å². The molecule has 0 spiro atoms. The van der Waals surface area contributed by atoms with E-state index in [1.807, 2.05) is 31.2 Å². The summed E-state index contributed by atoms with van der Waals surface area (Å²) in [4.78, 5) is 0. The zero-order valence-electron chi connectivity index (χ0n) is 12.9. The van der Waals surface area contributed by atoms with Crippen molar-refractivity contribution in [2.24, 2.45) is 0 Å². The minimum atomic E-state index is -0.148. The van der Waals surface area contributed by atoms with E-state index in [4.69, 9.17) is 0 Å². The van der Waals surface area contributed by atoms with Crippen molar-refractivity contribution in [2.45, 2.75) is 26.4 Å². The molecule has 0 aliphatic rings. The summed E-state index contributed by atoms with van der Waals surface area (Å²) in [7, 11) is 0. The Morgan fingerprint density at radius 2 is 1.68 bits per heavy atom. The van der Waals surface area contributed by atoms with Crippen molar-refractivity contribution >= 4 is 10.8 Å². The lowest BCUT2D eigenvalue weighted by Crippen LogP contribution is -2.00. The summed E-state index contributed by atoms with van der Waals surface area (Å²) < 4.78 is 0. The molecular weight excluding hydrogens is 272 g/mol. The van der Waals surface area contributed by atoms with E-state index in [9.17, 15) is 10.2 Å². The van der Waals surface area contributed by atoms with Crippen LogP contribution < -0.4 is 0 Å². The Balaban J connectivity index is 2.09. The summed E-state index contributed by atoms with van der Waals surface area (Å²) in [6.07, 6.45) is 0. The van der Waals surface area contributed by atoms with Gasteiger partial charge in [0.2, 0.25) is 0 Å². The maximum Gasteiger partial charge on any atom is 0.124 e. The number of aromatic hydroxyl groups is 1. The predicted molar refractivity (Wildman–Crippen MR) is 90.2 cm³/mol. The second-order valence-electron chi connectivity index (χ2n) is 5.85. The van der Waals surface area contributed by atoms with Gasteiger partial charge in [0.15, 0.2) is 0 Å². The van der Waals surface area contributed by atoms with Gasteiger partial charge in [-0.25, -0.2) is 0 Å². The topological polar surface area (TPSA) is 40.5 Å². The Morgan fingerprint density at radius 3 is 2.41 bits per heavy atom. The third-order valence-electron chi connectivity index (χ3n) is 4.27. The van der Waals surface area contributed by atoms with Crippen LogP contribution in [0.3, 0.4) is 0 Å². The number of hydrogen-bond donors (Lipinski definition) is 2. The van der Waals surface area contributed by atoms with Crippen molar-refractivity contribution in [3.05, 3.63) is 76.9 Å². The van der Waals surface area contributed by atoms with Gasteiger partial charge in [-0.2, -0.15) is 0 Å². The van der Waals surface area contributed by atoms with Crippen molar-refractivity contribution < 1.29 is 10.2 Å². The maximum atomic E-state index is 10.4. The van der Waals surface area contributed by atoms with Gasteiger partial charge >= 0.3 is 0 Å². The lowest BCUT2D eigenvalue weighted by atomic mass is 9.89. The lowest BCUT2D eigenvalue weighted by Gasteiger charge is -2.17. The summed E-state index contributed by atoms with van der Waals surface area (Å²) >= 11 is 0. The van der Waals surface area contributed by atoms with E-state index < -0.39 is 0 Å². The molecule has 0 aromatic heterocycles. The van der Waals surface area contributed by atoms with E-state index in [1.165, 1.54) is 10.8 Å². The molecule has 112 valence electrons. The van der Waals surface area contributed by atoms with E-state index in [-0.39, 0.29) is 18.3 Å². The highest BCUT2D eigenvalue weighted by molar-refractivity contribution is 5.83. The van der Waals surface area contributed by atoms with Crippen molar-refractivity contribution in [2.75, 3.05) is 0 Å². The maximum absolute atomic E-state index is 10.4. The summed E-state index contributed by atoms with van der Waals surface area (Å²) in [5, 5.41) is 22.2. The van der Waals surface area contributed by atoms with E-state index in [1.54, 1.807) is 0 Å². The molecule has 0 saturated carbocycles. The molecule has 0 radical (unpaired) electrons. The van der Waals surface area contributed by atoms with Crippen LogP contribution in [0.25, 0.3) is 10.8 Å². The van der Waals surface area contributed by atoms with Crippen molar-refractivity contribution in [3.63, 3.8) is 0 Å². The monoisotopic (exact) mass is 292 g/mol. The van der Waals surface area contributed by atoms with Crippen LogP contribution in [0, 0.1) is 6.92 Å². The molecule has 3 aromatic carbocycles. The molecule has 3 rings (SSSR count). The fraction of sp³-hybridized carbons (Fsp3) is 0.200. The second-order valence-corrected chi connectivity index (χ2v) is 5.85. The summed E-state index contributed by atoms with van der Waals surface area (Å²) in [5.41, 5.74) is 3.65. The first kappa shape index (κ1) is 14.6. The molecule has 0 aliphatic heterocycles. The number of aryl methyl sites for hydroxylation is 1. The van der Waals surface area contributed by atoms with Gasteiger partial charge in [-0.3, -0.25) is 0 Å². The second kappa shape index (κ2) is 5.82. The van der Waals surface area contributed by atoms with Crippen molar-refractivity contribution in [3.8, 4) is 5.75 Å². The quantitative estimate of drug-likeness (QED) is 0.746. The number of benzene rings is 3. The Hall–Kier alpha value is -2.32. The highest BCUT2D eigenvalue weighted by Gasteiger charge is 2.16. The zero-order valence-corrected chi connectivity index (χ0v) is 12.9. The van der Waals surface area contributed by atoms with E-state index in [0.717, 1.165) is 16.7 Å². The number of fused-ring (bicyclic) bond motifs is 1. The molecule has 2 heteroatoms. The summed E-state index contributed by atoms with van der Waals surface area (Å²) in [6, 6.07) is 18.5. The molecule has 0 aliphatic carbocycles. The standard InChI is InChI=1S/C20H20O2/c1-13-9-18(12-21)20(22)19(10-13)14(2)16-8-7-15-5-3-4-6-17(15)11-16/h3-11,14,21-22H,12H2,1-2H3. The van der Waals surface area contributed by atoms with E-state index in [2.05, 4.69) is 37.3 Å². The lowest BCUT2D eigenvalue weighted by molar-refractivity contribution is 0.275. The van der Waals surface area contributed by atoms with Gasteiger partial charge in [0.1, 0.15) is 5.75 Å². The van der Waals surface area contributed by atoms with Gasteiger partial charge in [-0.15, -0.1) is 0 Å². The predicted octanol–water partition coefficient (Wildman–Crippen LogP) is 4.50. The Morgan fingerprint density at radius 1 is 0.955 bits per heavy atom. The SMILES string of the molecule is Cc1cc(CO)c(O)c(C(C)c2ccc3ccccc3c2)c1. The average molecular weight is 292 g/mol. The van der Waals surface area contributed by atoms with Gasteiger partial charge in [0.25, 0.3) is 0 Å². The van der Waals surface area contributed by atoms with Crippen LogP contribution in [0.1, 0.15) is 35.1 Å². The van der Waals surface area contributed by atoms with Gasteiger partial charge in [-0.05, 0) is 23.3 Å². The number of hydrogen-bond acceptors (Lipinski definition) is 2. The highest BCUT2D eigenvalue weighted by atomic mass is 16.3. The molecule has 1 atom stereocenters. The van der Waals surface area contributed by atoms with Crippen molar-refractivity contribution in [1.29, 1.82) is 0 Å². The molecule has 0 amide bonds. The number of aliphatic hydroxyl groups excluding tert-OH is 1. The van der Waals surface area contributed by atoms with Crippen LogP contribution in [-0.4, -0.2) is 10.2 Å². The fourth-order valence-corrected chi connectivity index (χ4v) is 2.99. The summed E-state index contributed by atoms with van der Waals surface area (Å²) in [6.45, 7) is 3.92. The Bertz CT molecular complexity index is 821. The molecule has 0 fully saturated rings. The van der Waals surface area contributed by atoms with Gasteiger partial charge in [0, 0.05) is 17.0 Å². The first-order chi connectivity index (χ1) is 10.6. The Labute approximate surface area is 130 Å². The van der Waals surface area contributed by atoms with Crippen molar-refractivity contribution in [1.82, 2.24) is 0 Å². The number of rotatable bonds is 3. The van der Waals surface area contributed by atoms with Crippen LogP contribution in [0.2, 0.25) is 0 Å². The molecule has 2 nitrogen and oxygen atoms in total. The van der Waals surface area contributed by atoms with Crippen LogP contribution in [0.4, 0.5) is 0 Å². The molecule has 2 N–H and O–H groups in total. The molecular formula is C20H20O2. The smallest absolute Gasteiger partial charge is 0.124 e. The van der Waals surface area contributed by atoms with Crippen LogP contribution >= 0.6 is 0 Å². The van der Waals surface area contributed by atoms with Gasteiger partial charge < -0.3 is 10.2 Å². The van der Waals surface area contributed by atoms with Crippen LogP contribution in [0.15, 0.2) is 54.6 Å². The highest BCUT2D eigenvalue weighted by Crippen LogP contribution is 2.35. The third kappa shape index (κ3) is 2.58. The number of aliphatic hydroxyl groups is 1. The van der Waals surface area contributed by atoms with E-state index in [0.29, 0.717) is 5.56 Å². The van der Waals surface area contributed by atoms with Crippen LogP contribution in [-0.2, 0) is 6.61 Å². The third-order valence-corrected chi connectivity index (χ3v) is 4.27. The minimum Gasteiger partial charge on any atom is -0.507 e. The Kier molecular flexibility index (Phi) is 3.86. The molecule has 0 bridgehead atoms. The van der Waals surface area contributed by atoms with E-state index >= 15 is 0 Å². The average Bonchev–Trinajstić information content (AvgIpc) is 2.55. The summed E-state index contributed by atoms with van der Waals surface area (Å²) in [5.74, 6) is 0.267. The normalized spacial score (nSPS) is 12.5.